The molecule has 8 heteroatoms. The molecular weight excluding hydrogens is 416 g/mol. The number of hydrogen-bond donors (Lipinski definition) is 1. The summed E-state index contributed by atoms with van der Waals surface area (Å²) in [4.78, 5) is 36.6. The van der Waals surface area contributed by atoms with Crippen LogP contribution in [0.2, 0.25) is 0 Å². The molecule has 1 saturated heterocycles. The van der Waals surface area contributed by atoms with Gasteiger partial charge in [-0.3, -0.25) is 9.28 Å². The van der Waals surface area contributed by atoms with Crippen LogP contribution >= 0.6 is 11.8 Å². The number of likely N-dealkylation sites (tertiary alicyclic amines) is 1. The van der Waals surface area contributed by atoms with Gasteiger partial charge in [0.15, 0.2) is 5.12 Å². The Labute approximate surface area is 189 Å². The van der Waals surface area contributed by atoms with E-state index in [1.54, 1.807) is 7.11 Å². The van der Waals surface area contributed by atoms with Crippen molar-refractivity contribution in [3.63, 3.8) is 0 Å². The highest BCUT2D eigenvalue weighted by Gasteiger charge is 2.38. The maximum absolute atomic E-state index is 13.2. The molecule has 1 aliphatic heterocycles. The highest BCUT2D eigenvalue weighted by Crippen LogP contribution is 2.25. The molecule has 1 aromatic carbocycles. The van der Waals surface area contributed by atoms with Gasteiger partial charge in [0.1, 0.15) is 12.4 Å². The van der Waals surface area contributed by atoms with Crippen molar-refractivity contribution in [3.05, 3.63) is 29.8 Å². The first-order chi connectivity index (χ1) is 14.8. The van der Waals surface area contributed by atoms with E-state index in [2.05, 4.69) is 5.32 Å². The molecule has 0 bridgehead atoms. The van der Waals surface area contributed by atoms with E-state index in [-0.39, 0.29) is 23.5 Å². The normalized spacial score (nSPS) is 16.2. The topological polar surface area (TPSA) is 81.7 Å². The van der Waals surface area contributed by atoms with Crippen molar-refractivity contribution in [2.75, 3.05) is 39.5 Å². The van der Waals surface area contributed by atoms with Gasteiger partial charge < -0.3 is 14.8 Å². The Kier molecular flexibility index (Phi) is 10.3. The second-order valence-corrected chi connectivity index (χ2v) is 9.43. The molecule has 1 atom stereocenters. The summed E-state index contributed by atoms with van der Waals surface area (Å²) in [5.41, 5.74) is 0.876. The Balaban J connectivity index is 1.76. The van der Waals surface area contributed by atoms with E-state index in [0.29, 0.717) is 29.6 Å². The van der Waals surface area contributed by atoms with Crippen LogP contribution in [0.5, 0.6) is 5.75 Å². The second-order valence-electron chi connectivity index (χ2n) is 8.23. The van der Waals surface area contributed by atoms with Gasteiger partial charge in [-0.25, -0.2) is 9.59 Å². The fourth-order valence-corrected chi connectivity index (χ4v) is 4.57. The van der Waals surface area contributed by atoms with Gasteiger partial charge in [0.25, 0.3) is 0 Å². The number of carbonyl (C=O) groups is 3. The molecule has 0 saturated carbocycles. The predicted molar refractivity (Wildman–Crippen MR) is 122 cm³/mol. The highest BCUT2D eigenvalue weighted by molar-refractivity contribution is 8.13. The first-order valence-electron chi connectivity index (χ1n) is 10.9. The maximum Gasteiger partial charge on any atom is 0.407 e. The van der Waals surface area contributed by atoms with Crippen LogP contribution in [0.15, 0.2) is 24.3 Å². The third-order valence-electron chi connectivity index (χ3n) is 5.70. The summed E-state index contributed by atoms with van der Waals surface area (Å²) in [5, 5.41) is 2.77. The van der Waals surface area contributed by atoms with Gasteiger partial charge in [0.05, 0.1) is 33.2 Å². The molecule has 0 aromatic heterocycles. The predicted octanol–water partition coefficient (Wildman–Crippen LogP) is 3.75. The first kappa shape index (κ1) is 25.2. The second kappa shape index (κ2) is 12.7. The minimum absolute atomic E-state index is 0.0272. The monoisotopic (exact) mass is 451 g/mol. The van der Waals surface area contributed by atoms with Crippen molar-refractivity contribution in [1.29, 1.82) is 0 Å². The molecule has 2 rings (SSSR count). The van der Waals surface area contributed by atoms with Crippen LogP contribution in [-0.2, 0) is 20.9 Å². The van der Waals surface area contributed by atoms with Crippen LogP contribution in [0.25, 0.3) is 0 Å². The number of piperidine rings is 1. The summed E-state index contributed by atoms with van der Waals surface area (Å²) in [6, 6.07) is 7.33. The molecule has 1 aliphatic rings. The Bertz CT molecular complexity index is 732. The highest BCUT2D eigenvalue weighted by atomic mass is 32.2. The quantitative estimate of drug-likeness (QED) is 0.431. The first-order valence-corrected chi connectivity index (χ1v) is 11.9. The number of thioether (sulfide) groups is 1. The molecule has 0 radical (unpaired) electrons. The fourth-order valence-electron chi connectivity index (χ4n) is 3.83. The van der Waals surface area contributed by atoms with Gasteiger partial charge in [0.2, 0.25) is 0 Å². The van der Waals surface area contributed by atoms with Gasteiger partial charge in [-0.15, -0.1) is 0 Å². The molecule has 1 unspecified atom stereocenters. The van der Waals surface area contributed by atoms with E-state index in [9.17, 15) is 14.4 Å². The molecule has 31 heavy (non-hydrogen) atoms. The summed E-state index contributed by atoms with van der Waals surface area (Å²) in [6.45, 7) is 3.89. The van der Waals surface area contributed by atoms with Crippen LogP contribution in [0.4, 0.5) is 4.79 Å². The lowest BCUT2D eigenvalue weighted by Crippen LogP contribution is -2.55. The number of amides is 2. The average Bonchev–Trinajstić information content (AvgIpc) is 2.77. The molecule has 7 nitrogen and oxygen atoms in total. The van der Waals surface area contributed by atoms with E-state index < -0.39 is 6.09 Å². The molecule has 2 amide bonds. The Morgan fingerprint density at radius 3 is 2.42 bits per heavy atom. The maximum atomic E-state index is 13.2. The van der Waals surface area contributed by atoms with Gasteiger partial charge in [-0.1, -0.05) is 23.9 Å². The summed E-state index contributed by atoms with van der Waals surface area (Å²) >= 11 is 1.21. The number of nitrogens with one attached hydrogen (secondary N) is 1. The zero-order chi connectivity index (χ0) is 22.7. The summed E-state index contributed by atoms with van der Waals surface area (Å²) in [5.74, 6) is 1.29. The van der Waals surface area contributed by atoms with Crippen molar-refractivity contribution < 1.29 is 28.3 Å². The van der Waals surface area contributed by atoms with Crippen molar-refractivity contribution >= 4 is 28.9 Å². The molecule has 1 aromatic rings. The van der Waals surface area contributed by atoms with Crippen LogP contribution < -0.4 is 10.1 Å². The van der Waals surface area contributed by atoms with Crippen LogP contribution in [0.3, 0.4) is 0 Å². The van der Waals surface area contributed by atoms with E-state index in [1.807, 2.05) is 31.3 Å². The lowest BCUT2D eigenvalue weighted by Gasteiger charge is -2.37. The summed E-state index contributed by atoms with van der Waals surface area (Å²) in [7, 11) is 3.62. The molecule has 172 valence electrons. The third kappa shape index (κ3) is 8.53. The fraction of sp³-hybridized carbons (Fsp3) is 0.609. The van der Waals surface area contributed by atoms with Gasteiger partial charge in [-0.2, -0.15) is 0 Å². The number of hydrogen-bond acceptors (Lipinski definition) is 6. The van der Waals surface area contributed by atoms with Crippen LogP contribution in [-0.4, -0.2) is 61.1 Å². The molecule has 0 spiro atoms. The number of rotatable bonds is 10. The molecule has 0 aliphatic carbocycles. The molecule has 1 N–H and O–H groups in total. The molecule has 1 fully saturated rings. The molecule has 1 heterocycles. The third-order valence-corrected chi connectivity index (χ3v) is 6.68. The van der Waals surface area contributed by atoms with Gasteiger partial charge in [0, 0.05) is 19.2 Å². The van der Waals surface area contributed by atoms with E-state index in [1.165, 1.54) is 25.1 Å². The lowest BCUT2D eigenvalue weighted by atomic mass is 9.99. The van der Waals surface area contributed by atoms with Crippen LogP contribution in [0, 0.1) is 5.92 Å². The number of ether oxygens (including phenoxy) is 2. The number of alkyl carbamates (subject to hydrolysis) is 1. The number of quaternary nitrogens is 1. The summed E-state index contributed by atoms with van der Waals surface area (Å²) < 4.78 is 10.8. The number of carbonyl (C=O) groups excluding carboxylic acids is 3. The standard InChI is InChI=1S/C23H34N2O5S/c1-18(26)31-17-20(22(27)25(2)14-5-4-6-15-25)8-7-13-24-23(28)30-16-19-9-11-21(29-3)12-10-19/h9-12,20H,4-8,13-17H2,1-3H3/p+1. The van der Waals surface area contributed by atoms with Crippen molar-refractivity contribution in [2.24, 2.45) is 5.92 Å². The minimum atomic E-state index is -0.480. The van der Waals surface area contributed by atoms with Gasteiger partial charge >= 0.3 is 12.0 Å². The smallest absolute Gasteiger partial charge is 0.407 e. The van der Waals surface area contributed by atoms with Gasteiger partial charge in [-0.05, 0) is 49.8 Å². The zero-order valence-corrected chi connectivity index (χ0v) is 19.7. The number of benzene rings is 1. The summed E-state index contributed by atoms with van der Waals surface area (Å²) in [6.07, 6.45) is 4.13. The Morgan fingerprint density at radius 1 is 1.13 bits per heavy atom. The average molecular weight is 452 g/mol. The molecular formula is C23H35N2O5S+. The van der Waals surface area contributed by atoms with E-state index in [4.69, 9.17) is 9.47 Å². The van der Waals surface area contributed by atoms with Crippen LogP contribution in [0.1, 0.15) is 44.6 Å². The van der Waals surface area contributed by atoms with E-state index in [0.717, 1.165) is 37.2 Å². The Hall–Kier alpha value is -2.06. The Morgan fingerprint density at radius 2 is 1.81 bits per heavy atom. The zero-order valence-electron chi connectivity index (χ0n) is 18.9. The number of nitrogens with zero attached hydrogens (tertiary/aromatic N) is 1. The van der Waals surface area contributed by atoms with Crippen molar-refractivity contribution in [2.45, 2.75) is 45.6 Å². The largest absolute Gasteiger partial charge is 0.497 e. The SMILES string of the molecule is COc1ccc(COC(=O)NCCCC(CSC(C)=O)C(=O)[N+]2(C)CCCCC2)cc1. The minimum Gasteiger partial charge on any atom is -0.497 e. The lowest BCUT2D eigenvalue weighted by molar-refractivity contribution is -0.841. The van der Waals surface area contributed by atoms with Crippen molar-refractivity contribution in [3.8, 4) is 5.75 Å². The van der Waals surface area contributed by atoms with Crippen molar-refractivity contribution in [1.82, 2.24) is 5.32 Å². The van der Waals surface area contributed by atoms with E-state index >= 15 is 0 Å². The number of methoxy groups -OCH3 is 1.